The molecule has 0 aromatic carbocycles. The molecule has 7 nitrogen and oxygen atoms in total. The molecule has 0 radical (unpaired) electrons. The highest BCUT2D eigenvalue weighted by atomic mass is 16.7. The van der Waals surface area contributed by atoms with E-state index in [0.29, 0.717) is 0 Å². The predicted octanol–water partition coefficient (Wildman–Crippen LogP) is -3.20. The molecule has 0 amide bonds. The Hall–Kier alpha value is -0.280. The van der Waals surface area contributed by atoms with Gasteiger partial charge in [0.2, 0.25) is 5.79 Å². The molecule has 1 fully saturated rings. The molecule has 15 heavy (non-hydrogen) atoms. The van der Waals surface area contributed by atoms with Crippen LogP contribution in [0.3, 0.4) is 0 Å². The van der Waals surface area contributed by atoms with Crippen LogP contribution in [-0.2, 0) is 9.47 Å². The first-order valence-corrected chi connectivity index (χ1v) is 4.46. The summed E-state index contributed by atoms with van der Waals surface area (Å²) < 4.78 is 16.3. The van der Waals surface area contributed by atoms with Crippen molar-refractivity contribution in [3.05, 3.63) is 0 Å². The monoisotopic (exact) mass is 225 g/mol. The standard InChI is InChI=1S/C8H16O7/c9-1-2-14-4-8(13)7(12)6(11)5(3-10)15-8/h5-7,9-13H,1-4H2/t5-,6-,7+,8?/m1/s1/i1D/t1?,5-,6-,7+,8?. The lowest BCUT2D eigenvalue weighted by molar-refractivity contribution is -0.255. The van der Waals surface area contributed by atoms with Crippen LogP contribution in [0.5, 0.6) is 0 Å². The Kier molecular flexibility index (Phi) is 3.87. The van der Waals surface area contributed by atoms with Gasteiger partial charge in [0.15, 0.2) is 0 Å². The second kappa shape index (κ2) is 5.17. The lowest BCUT2D eigenvalue weighted by Gasteiger charge is -2.25. The van der Waals surface area contributed by atoms with Gasteiger partial charge in [-0.05, 0) is 0 Å². The van der Waals surface area contributed by atoms with Crippen molar-refractivity contribution in [2.45, 2.75) is 24.1 Å². The number of hydrogen-bond donors (Lipinski definition) is 5. The maximum absolute atomic E-state index is 9.73. The molecule has 0 aromatic heterocycles. The van der Waals surface area contributed by atoms with Crippen LogP contribution in [-0.4, -0.2) is 76.0 Å². The summed E-state index contributed by atoms with van der Waals surface area (Å²) in [6, 6.07) is 0. The molecular weight excluding hydrogens is 208 g/mol. The van der Waals surface area contributed by atoms with E-state index in [1.807, 2.05) is 0 Å². The van der Waals surface area contributed by atoms with E-state index < -0.39 is 43.9 Å². The van der Waals surface area contributed by atoms with Crippen LogP contribution in [0.4, 0.5) is 0 Å². The van der Waals surface area contributed by atoms with Crippen LogP contribution in [0.15, 0.2) is 0 Å². The summed E-state index contributed by atoms with van der Waals surface area (Å²) in [4.78, 5) is 0. The number of aliphatic hydroxyl groups is 5. The zero-order chi connectivity index (χ0) is 12.3. The van der Waals surface area contributed by atoms with Gasteiger partial charge in [0.25, 0.3) is 0 Å². The largest absolute Gasteiger partial charge is 0.394 e. The van der Waals surface area contributed by atoms with Crippen molar-refractivity contribution in [3.63, 3.8) is 0 Å². The minimum Gasteiger partial charge on any atom is -0.394 e. The zero-order valence-electron chi connectivity index (χ0n) is 8.98. The fourth-order valence-electron chi connectivity index (χ4n) is 1.39. The third-order valence-electron chi connectivity index (χ3n) is 2.20. The highest BCUT2D eigenvalue weighted by Crippen LogP contribution is 2.29. The van der Waals surface area contributed by atoms with Gasteiger partial charge in [0.1, 0.15) is 24.9 Å². The second-order valence-corrected chi connectivity index (χ2v) is 3.32. The summed E-state index contributed by atoms with van der Waals surface area (Å²) in [6.45, 7) is -2.89. The van der Waals surface area contributed by atoms with E-state index in [4.69, 9.17) is 21.1 Å². The number of rotatable bonds is 5. The van der Waals surface area contributed by atoms with Crippen LogP contribution in [0.25, 0.3) is 0 Å². The maximum Gasteiger partial charge on any atom is 0.219 e. The van der Waals surface area contributed by atoms with E-state index in [-0.39, 0.29) is 6.61 Å². The summed E-state index contributed by atoms with van der Waals surface area (Å²) in [5.41, 5.74) is 0. The summed E-state index contributed by atoms with van der Waals surface area (Å²) in [5, 5.41) is 45.9. The fraction of sp³-hybridized carbons (Fsp3) is 1.00. The molecule has 0 bridgehead atoms. The van der Waals surface area contributed by atoms with E-state index >= 15 is 0 Å². The third kappa shape index (κ3) is 2.64. The molecule has 7 heteroatoms. The van der Waals surface area contributed by atoms with Gasteiger partial charge in [-0.25, -0.2) is 0 Å². The zero-order valence-corrected chi connectivity index (χ0v) is 7.98. The summed E-state index contributed by atoms with van der Waals surface area (Å²) in [7, 11) is 0. The first-order valence-electron chi connectivity index (χ1n) is 5.03. The summed E-state index contributed by atoms with van der Waals surface area (Å²) >= 11 is 0. The van der Waals surface area contributed by atoms with Crippen molar-refractivity contribution >= 4 is 0 Å². The molecule has 1 saturated heterocycles. The molecule has 1 heterocycles. The van der Waals surface area contributed by atoms with E-state index in [2.05, 4.69) is 0 Å². The van der Waals surface area contributed by atoms with Gasteiger partial charge in [0, 0.05) is 0 Å². The van der Waals surface area contributed by atoms with Gasteiger partial charge in [-0.15, -0.1) is 0 Å². The smallest absolute Gasteiger partial charge is 0.219 e. The topological polar surface area (TPSA) is 120 Å². The van der Waals surface area contributed by atoms with Gasteiger partial charge < -0.3 is 35.0 Å². The van der Waals surface area contributed by atoms with Crippen molar-refractivity contribution < 1.29 is 36.4 Å². The van der Waals surface area contributed by atoms with Crippen LogP contribution >= 0.6 is 0 Å². The third-order valence-corrected chi connectivity index (χ3v) is 2.20. The molecule has 0 saturated carbocycles. The lowest BCUT2D eigenvalue weighted by atomic mass is 10.1. The molecule has 0 aliphatic carbocycles. The van der Waals surface area contributed by atoms with Crippen LogP contribution in [0.1, 0.15) is 1.37 Å². The number of aliphatic hydroxyl groups excluding tert-OH is 4. The quantitative estimate of drug-likeness (QED) is 0.334. The molecule has 5 N–H and O–H groups in total. The Morgan fingerprint density at radius 2 is 2.07 bits per heavy atom. The van der Waals surface area contributed by atoms with Crippen molar-refractivity contribution in [2.24, 2.45) is 0 Å². The first kappa shape index (κ1) is 11.2. The van der Waals surface area contributed by atoms with E-state index in [1.165, 1.54) is 0 Å². The Bertz CT molecular complexity index is 226. The second-order valence-electron chi connectivity index (χ2n) is 3.32. The normalized spacial score (nSPS) is 44.1. The highest BCUT2D eigenvalue weighted by Gasteiger charge is 2.53. The van der Waals surface area contributed by atoms with E-state index in [1.54, 1.807) is 0 Å². The molecule has 90 valence electrons. The number of hydrogen-bond acceptors (Lipinski definition) is 7. The number of ether oxygens (including phenoxy) is 2. The molecule has 5 atom stereocenters. The van der Waals surface area contributed by atoms with Crippen LogP contribution < -0.4 is 0 Å². The van der Waals surface area contributed by atoms with Crippen molar-refractivity contribution in [2.75, 3.05) is 26.4 Å². The van der Waals surface area contributed by atoms with Crippen molar-refractivity contribution in [1.82, 2.24) is 0 Å². The summed E-state index contributed by atoms with van der Waals surface area (Å²) in [5.74, 6) is -2.14. The average molecular weight is 225 g/mol. The van der Waals surface area contributed by atoms with Gasteiger partial charge in [-0.2, -0.15) is 0 Å². The molecule has 0 spiro atoms. The van der Waals surface area contributed by atoms with E-state index in [0.717, 1.165) is 0 Å². The minimum atomic E-state index is -2.14. The summed E-state index contributed by atoms with van der Waals surface area (Å²) in [6.07, 6.45) is -4.13. The predicted molar refractivity (Wildman–Crippen MR) is 46.8 cm³/mol. The molecular formula is C8H16O7. The minimum absolute atomic E-state index is 0.363. The van der Waals surface area contributed by atoms with E-state index in [9.17, 15) is 15.3 Å². The van der Waals surface area contributed by atoms with Gasteiger partial charge in [0.05, 0.1) is 21.2 Å². The fourth-order valence-corrected chi connectivity index (χ4v) is 1.39. The molecule has 1 aliphatic rings. The Balaban J connectivity index is 2.50. The van der Waals surface area contributed by atoms with Gasteiger partial charge in [-0.3, -0.25) is 0 Å². The average Bonchev–Trinajstić information content (AvgIpc) is 2.43. The van der Waals surface area contributed by atoms with Crippen LogP contribution in [0.2, 0.25) is 0 Å². The van der Waals surface area contributed by atoms with Gasteiger partial charge >= 0.3 is 0 Å². The Morgan fingerprint density at radius 1 is 1.40 bits per heavy atom. The Morgan fingerprint density at radius 3 is 2.53 bits per heavy atom. The maximum atomic E-state index is 9.73. The lowest BCUT2D eigenvalue weighted by Crippen LogP contribution is -2.47. The molecule has 2 unspecified atom stereocenters. The van der Waals surface area contributed by atoms with Crippen LogP contribution in [0, 0.1) is 0 Å². The van der Waals surface area contributed by atoms with Gasteiger partial charge in [-0.1, -0.05) is 0 Å². The van der Waals surface area contributed by atoms with Crippen molar-refractivity contribution in [3.8, 4) is 0 Å². The molecule has 1 rings (SSSR count). The SMILES string of the molecule is [2H]C(O)COCC1(O)O[C@H](CO)[C@@H](O)[C@@H]1O. The van der Waals surface area contributed by atoms with Crippen molar-refractivity contribution in [1.29, 1.82) is 0 Å². The Labute approximate surface area is 87.9 Å². The first-order chi connectivity index (χ1) is 7.40. The molecule has 0 aromatic rings. The highest BCUT2D eigenvalue weighted by molar-refractivity contribution is 4.95. The molecule has 1 aliphatic heterocycles.